The first-order valence-corrected chi connectivity index (χ1v) is 6.53. The highest BCUT2D eigenvalue weighted by molar-refractivity contribution is 5.65. The lowest BCUT2D eigenvalue weighted by atomic mass is 9.74. The normalized spacial score (nSPS) is 20.8. The van der Waals surface area contributed by atoms with Crippen LogP contribution in [0.5, 0.6) is 0 Å². The van der Waals surface area contributed by atoms with Crippen LogP contribution in [-0.4, -0.2) is 0 Å². The maximum atomic E-state index is 14.2. The molecule has 3 heteroatoms. The van der Waals surface area contributed by atoms with Gasteiger partial charge >= 0.3 is 0 Å². The molecule has 0 bridgehead atoms. The molecular formula is C16H16F2N+. The SMILES string of the molecule is CCC1(C)C[n+]2ccccc2-c2c(F)cc(F)cc21. The zero-order chi connectivity index (χ0) is 13.6. The summed E-state index contributed by atoms with van der Waals surface area (Å²) < 4.78 is 29.8. The predicted molar refractivity (Wildman–Crippen MR) is 69.6 cm³/mol. The Bertz CT molecular complexity index is 651. The Morgan fingerprint density at radius 3 is 2.79 bits per heavy atom. The summed E-state index contributed by atoms with van der Waals surface area (Å²) in [6.45, 7) is 4.87. The zero-order valence-electron chi connectivity index (χ0n) is 11.1. The Hall–Kier alpha value is -1.77. The summed E-state index contributed by atoms with van der Waals surface area (Å²) in [7, 11) is 0. The molecule has 2 aromatic rings. The fourth-order valence-electron chi connectivity index (χ4n) is 2.91. The number of hydrogen-bond acceptors (Lipinski definition) is 0. The molecule has 1 aromatic carbocycles. The van der Waals surface area contributed by atoms with E-state index >= 15 is 0 Å². The lowest BCUT2D eigenvalue weighted by molar-refractivity contribution is -0.696. The standard InChI is InChI=1S/C16H16F2N/c1-3-16(2)10-19-7-5-4-6-14(19)15-12(16)8-11(17)9-13(15)18/h4-9H,3,10H2,1-2H3/q+1. The maximum Gasteiger partial charge on any atom is 0.215 e. The third kappa shape index (κ3) is 1.76. The van der Waals surface area contributed by atoms with Crippen molar-refractivity contribution in [1.29, 1.82) is 0 Å². The average molecular weight is 260 g/mol. The molecule has 0 saturated carbocycles. The second-order valence-corrected chi connectivity index (χ2v) is 5.44. The van der Waals surface area contributed by atoms with Crippen LogP contribution in [0.2, 0.25) is 0 Å². The molecule has 1 aromatic heterocycles. The molecule has 1 aliphatic rings. The van der Waals surface area contributed by atoms with Gasteiger partial charge in [0.05, 0.1) is 11.0 Å². The van der Waals surface area contributed by atoms with Gasteiger partial charge in [0, 0.05) is 18.2 Å². The summed E-state index contributed by atoms with van der Waals surface area (Å²) in [5.74, 6) is -0.977. The molecular weight excluding hydrogens is 244 g/mol. The summed E-state index contributed by atoms with van der Waals surface area (Å²) in [5, 5.41) is 0. The van der Waals surface area contributed by atoms with Crippen molar-refractivity contribution >= 4 is 0 Å². The van der Waals surface area contributed by atoms with Crippen LogP contribution in [0, 0.1) is 11.6 Å². The van der Waals surface area contributed by atoms with Gasteiger partial charge in [-0.1, -0.05) is 6.92 Å². The fourth-order valence-corrected chi connectivity index (χ4v) is 2.91. The first kappa shape index (κ1) is 12.3. The van der Waals surface area contributed by atoms with E-state index < -0.39 is 11.6 Å². The van der Waals surface area contributed by atoms with Gasteiger partial charge < -0.3 is 0 Å². The van der Waals surface area contributed by atoms with Crippen molar-refractivity contribution in [3.8, 4) is 11.3 Å². The third-order valence-electron chi connectivity index (χ3n) is 4.20. The van der Waals surface area contributed by atoms with E-state index in [2.05, 4.69) is 13.8 Å². The molecule has 1 atom stereocenters. The Morgan fingerprint density at radius 2 is 2.05 bits per heavy atom. The van der Waals surface area contributed by atoms with E-state index in [-0.39, 0.29) is 5.41 Å². The lowest BCUT2D eigenvalue weighted by Crippen LogP contribution is -2.49. The third-order valence-corrected chi connectivity index (χ3v) is 4.20. The van der Waals surface area contributed by atoms with Crippen molar-refractivity contribution in [1.82, 2.24) is 0 Å². The van der Waals surface area contributed by atoms with Gasteiger partial charge in [0.1, 0.15) is 11.6 Å². The van der Waals surface area contributed by atoms with Crippen LogP contribution in [0.4, 0.5) is 8.78 Å². The van der Waals surface area contributed by atoms with E-state index in [9.17, 15) is 8.78 Å². The van der Waals surface area contributed by atoms with Gasteiger partial charge in [0.15, 0.2) is 12.7 Å². The van der Waals surface area contributed by atoms with E-state index in [1.165, 1.54) is 6.07 Å². The first-order chi connectivity index (χ1) is 9.05. The van der Waals surface area contributed by atoms with Crippen molar-refractivity contribution in [2.45, 2.75) is 32.2 Å². The van der Waals surface area contributed by atoms with E-state index in [0.717, 1.165) is 30.3 Å². The Kier molecular flexibility index (Phi) is 2.66. The van der Waals surface area contributed by atoms with Gasteiger partial charge in [-0.15, -0.1) is 0 Å². The first-order valence-electron chi connectivity index (χ1n) is 6.53. The molecule has 0 amide bonds. The van der Waals surface area contributed by atoms with Crippen molar-refractivity contribution in [3.05, 3.63) is 53.7 Å². The molecule has 1 unspecified atom stereocenters. The molecule has 0 radical (unpaired) electrons. The minimum absolute atomic E-state index is 0.239. The van der Waals surface area contributed by atoms with Crippen molar-refractivity contribution in [2.75, 3.05) is 0 Å². The van der Waals surface area contributed by atoms with Crippen LogP contribution >= 0.6 is 0 Å². The monoisotopic (exact) mass is 260 g/mol. The highest BCUT2D eigenvalue weighted by atomic mass is 19.1. The van der Waals surface area contributed by atoms with Gasteiger partial charge in [-0.2, -0.15) is 4.57 Å². The molecule has 2 heterocycles. The molecule has 1 nitrogen and oxygen atoms in total. The molecule has 3 rings (SSSR count). The molecule has 0 aliphatic carbocycles. The average Bonchev–Trinajstić information content (AvgIpc) is 2.39. The Labute approximate surface area is 111 Å². The number of halogens is 2. The van der Waals surface area contributed by atoms with Crippen LogP contribution in [0.1, 0.15) is 25.8 Å². The lowest BCUT2D eigenvalue weighted by Gasteiger charge is -2.32. The van der Waals surface area contributed by atoms with Crippen molar-refractivity contribution in [3.63, 3.8) is 0 Å². The van der Waals surface area contributed by atoms with Crippen LogP contribution in [0.25, 0.3) is 11.3 Å². The molecule has 1 aliphatic heterocycles. The molecule has 19 heavy (non-hydrogen) atoms. The number of pyridine rings is 1. The number of aromatic nitrogens is 1. The number of rotatable bonds is 1. The van der Waals surface area contributed by atoms with E-state index in [1.807, 2.05) is 29.0 Å². The van der Waals surface area contributed by atoms with Gasteiger partial charge in [-0.25, -0.2) is 8.78 Å². The van der Waals surface area contributed by atoms with Gasteiger partial charge in [0.2, 0.25) is 5.69 Å². The van der Waals surface area contributed by atoms with Gasteiger partial charge in [-0.3, -0.25) is 0 Å². The van der Waals surface area contributed by atoms with Gasteiger partial charge in [0.25, 0.3) is 0 Å². The minimum atomic E-state index is -0.500. The predicted octanol–water partition coefficient (Wildman–Crippen LogP) is 3.60. The van der Waals surface area contributed by atoms with E-state index in [0.29, 0.717) is 5.56 Å². The second-order valence-electron chi connectivity index (χ2n) is 5.44. The van der Waals surface area contributed by atoms with Crippen molar-refractivity contribution in [2.24, 2.45) is 0 Å². The van der Waals surface area contributed by atoms with Crippen LogP contribution in [0.15, 0.2) is 36.5 Å². The molecule has 0 N–H and O–H groups in total. The van der Waals surface area contributed by atoms with Crippen molar-refractivity contribution < 1.29 is 13.3 Å². The van der Waals surface area contributed by atoms with E-state index in [1.54, 1.807) is 0 Å². The fraction of sp³-hybridized carbons (Fsp3) is 0.312. The maximum absolute atomic E-state index is 14.2. The van der Waals surface area contributed by atoms with Gasteiger partial charge in [-0.05, 0) is 31.0 Å². The molecule has 0 saturated heterocycles. The number of hydrogen-bond donors (Lipinski definition) is 0. The summed E-state index contributed by atoms with van der Waals surface area (Å²) in [6, 6.07) is 8.16. The van der Waals surface area contributed by atoms with Crippen LogP contribution in [0.3, 0.4) is 0 Å². The van der Waals surface area contributed by atoms with E-state index in [4.69, 9.17) is 0 Å². The highest BCUT2D eigenvalue weighted by Crippen LogP contribution is 2.40. The topological polar surface area (TPSA) is 3.88 Å². The molecule has 98 valence electrons. The zero-order valence-corrected chi connectivity index (χ0v) is 11.1. The summed E-state index contributed by atoms with van der Waals surface area (Å²) in [4.78, 5) is 0. The summed E-state index contributed by atoms with van der Waals surface area (Å²) in [5.41, 5.74) is 1.90. The quantitative estimate of drug-likeness (QED) is 0.690. The summed E-state index contributed by atoms with van der Waals surface area (Å²) in [6.07, 6.45) is 2.79. The summed E-state index contributed by atoms with van der Waals surface area (Å²) >= 11 is 0. The molecule has 0 spiro atoms. The largest absolute Gasteiger partial charge is 0.215 e. The Balaban J connectivity index is 2.37. The number of fused-ring (bicyclic) bond motifs is 3. The van der Waals surface area contributed by atoms with Crippen LogP contribution in [-0.2, 0) is 12.0 Å². The molecule has 0 fully saturated rings. The minimum Gasteiger partial charge on any atom is -0.207 e. The number of benzene rings is 1. The van der Waals surface area contributed by atoms with Crippen LogP contribution < -0.4 is 4.57 Å². The smallest absolute Gasteiger partial charge is 0.207 e. The highest BCUT2D eigenvalue weighted by Gasteiger charge is 2.40. The second kappa shape index (κ2) is 4.12. The Morgan fingerprint density at radius 1 is 1.26 bits per heavy atom. The number of nitrogens with zero attached hydrogens (tertiary/aromatic N) is 1.